The normalized spacial score (nSPS) is 22.3. The Morgan fingerprint density at radius 2 is 1.94 bits per heavy atom. The van der Waals surface area contributed by atoms with Crippen molar-refractivity contribution in [1.82, 2.24) is 10.6 Å². The minimum atomic E-state index is -3.27. The molecule has 1 fully saturated rings. The van der Waals surface area contributed by atoms with Gasteiger partial charge in [-0.2, -0.15) is 5.26 Å². The van der Waals surface area contributed by atoms with Gasteiger partial charge in [0.2, 0.25) is 5.91 Å². The Hall–Kier alpha value is -2.95. The van der Waals surface area contributed by atoms with Crippen molar-refractivity contribution >= 4 is 21.8 Å². The lowest BCUT2D eigenvalue weighted by molar-refractivity contribution is -0.117. The zero-order valence-electron chi connectivity index (χ0n) is 20.2. The van der Waals surface area contributed by atoms with Crippen LogP contribution in [-0.4, -0.2) is 33.2 Å². The van der Waals surface area contributed by atoms with E-state index in [2.05, 4.69) is 22.8 Å². The van der Waals surface area contributed by atoms with Gasteiger partial charge in [-0.3, -0.25) is 4.79 Å². The summed E-state index contributed by atoms with van der Waals surface area (Å²) in [5, 5.41) is 15.9. The summed E-state index contributed by atoms with van der Waals surface area (Å²) in [6, 6.07) is 15.4. The summed E-state index contributed by atoms with van der Waals surface area (Å²) in [6.07, 6.45) is 11.7. The number of fused-ring (bicyclic) bond motifs is 1. The zero-order valence-corrected chi connectivity index (χ0v) is 21.0. The second kappa shape index (κ2) is 11.2. The van der Waals surface area contributed by atoms with Crippen molar-refractivity contribution in [2.24, 2.45) is 5.92 Å². The third kappa shape index (κ3) is 6.81. The summed E-state index contributed by atoms with van der Waals surface area (Å²) >= 11 is 0. The Morgan fingerprint density at radius 1 is 1.14 bits per heavy atom. The number of nitrogens with one attached hydrogen (secondary N) is 2. The van der Waals surface area contributed by atoms with E-state index in [1.807, 2.05) is 12.1 Å². The van der Waals surface area contributed by atoms with E-state index in [0.29, 0.717) is 17.5 Å². The standard InChI is InChI=1S/C28H33N3O3S/c1-35(33,34)25-4-2-3-21(18-25)9-14-28(32)31-24-10-5-20(6-11-24)8-13-27-26-12-7-22(19-29)17-23(26)15-16-30-27/h2-4,7,9,12,14,17-18,20,24,27,30H,5-6,8,10-11,13,15-16H2,1H3,(H,31,32). The van der Waals surface area contributed by atoms with Gasteiger partial charge < -0.3 is 10.6 Å². The molecule has 35 heavy (non-hydrogen) atoms. The van der Waals surface area contributed by atoms with Gasteiger partial charge in [-0.1, -0.05) is 18.2 Å². The molecular formula is C28H33N3O3S. The van der Waals surface area contributed by atoms with E-state index >= 15 is 0 Å². The van der Waals surface area contributed by atoms with Gasteiger partial charge in [0.1, 0.15) is 0 Å². The molecule has 2 N–H and O–H groups in total. The van der Waals surface area contributed by atoms with Crippen LogP contribution in [0.2, 0.25) is 0 Å². The number of nitriles is 1. The maximum atomic E-state index is 12.4. The molecule has 1 atom stereocenters. The van der Waals surface area contributed by atoms with Gasteiger partial charge in [-0.25, -0.2) is 8.42 Å². The molecule has 1 aliphatic heterocycles. The average molecular weight is 492 g/mol. The number of hydrogen-bond donors (Lipinski definition) is 2. The smallest absolute Gasteiger partial charge is 0.244 e. The lowest BCUT2D eigenvalue weighted by atomic mass is 9.81. The maximum absolute atomic E-state index is 12.4. The first-order valence-corrected chi connectivity index (χ1v) is 14.3. The van der Waals surface area contributed by atoms with Crippen molar-refractivity contribution in [3.8, 4) is 6.07 Å². The first-order valence-electron chi connectivity index (χ1n) is 12.4. The van der Waals surface area contributed by atoms with E-state index in [-0.39, 0.29) is 16.8 Å². The van der Waals surface area contributed by atoms with Crippen LogP contribution in [0.3, 0.4) is 0 Å². The van der Waals surface area contributed by atoms with Gasteiger partial charge in [0.15, 0.2) is 9.84 Å². The van der Waals surface area contributed by atoms with E-state index in [1.165, 1.54) is 23.5 Å². The second-order valence-electron chi connectivity index (χ2n) is 9.76. The SMILES string of the molecule is CS(=O)(=O)c1cccc(C=CC(=O)NC2CCC(CCC3NCCc4cc(C#N)ccc43)CC2)c1. The number of hydrogen-bond acceptors (Lipinski definition) is 5. The predicted molar refractivity (Wildman–Crippen MR) is 137 cm³/mol. The first kappa shape index (κ1) is 25.2. The molecule has 0 spiro atoms. The molecule has 184 valence electrons. The number of carbonyl (C=O) groups is 1. The summed E-state index contributed by atoms with van der Waals surface area (Å²) in [5.74, 6) is 0.529. The minimum Gasteiger partial charge on any atom is -0.350 e. The van der Waals surface area contributed by atoms with Crippen molar-refractivity contribution < 1.29 is 13.2 Å². The molecule has 7 heteroatoms. The lowest BCUT2D eigenvalue weighted by Gasteiger charge is -2.32. The van der Waals surface area contributed by atoms with Crippen molar-refractivity contribution in [1.29, 1.82) is 5.26 Å². The Labute approximate surface area is 208 Å². The van der Waals surface area contributed by atoms with Gasteiger partial charge in [0.05, 0.1) is 16.5 Å². The van der Waals surface area contributed by atoms with Crippen molar-refractivity contribution in [2.75, 3.05) is 12.8 Å². The van der Waals surface area contributed by atoms with E-state index in [4.69, 9.17) is 5.26 Å². The molecule has 2 aromatic carbocycles. The van der Waals surface area contributed by atoms with E-state index in [1.54, 1.807) is 30.3 Å². The summed E-state index contributed by atoms with van der Waals surface area (Å²) in [5.41, 5.74) is 4.07. The summed E-state index contributed by atoms with van der Waals surface area (Å²) in [4.78, 5) is 12.6. The fourth-order valence-corrected chi connectivity index (χ4v) is 5.92. The van der Waals surface area contributed by atoms with Crippen LogP contribution < -0.4 is 10.6 Å². The molecule has 1 amide bonds. The Kier molecular flexibility index (Phi) is 8.04. The molecule has 1 unspecified atom stereocenters. The molecule has 6 nitrogen and oxygen atoms in total. The molecule has 4 rings (SSSR count). The topological polar surface area (TPSA) is 99.1 Å². The van der Waals surface area contributed by atoms with Crippen LogP contribution in [0, 0.1) is 17.2 Å². The molecule has 2 aliphatic rings. The lowest BCUT2D eigenvalue weighted by Crippen LogP contribution is -2.37. The molecule has 0 aromatic heterocycles. The maximum Gasteiger partial charge on any atom is 0.244 e. The quantitative estimate of drug-likeness (QED) is 0.562. The van der Waals surface area contributed by atoms with E-state index in [0.717, 1.165) is 57.1 Å². The van der Waals surface area contributed by atoms with Crippen LogP contribution >= 0.6 is 0 Å². The second-order valence-corrected chi connectivity index (χ2v) is 11.8. The van der Waals surface area contributed by atoms with Crippen LogP contribution in [0.1, 0.15) is 66.8 Å². The van der Waals surface area contributed by atoms with Gasteiger partial charge in [0.25, 0.3) is 0 Å². The third-order valence-electron chi connectivity index (χ3n) is 7.20. The fraction of sp³-hybridized carbons (Fsp3) is 0.429. The fourth-order valence-electron chi connectivity index (χ4n) is 5.25. The van der Waals surface area contributed by atoms with Crippen LogP contribution in [0.15, 0.2) is 53.4 Å². The highest BCUT2D eigenvalue weighted by Gasteiger charge is 2.25. The molecular weight excluding hydrogens is 458 g/mol. The van der Waals surface area contributed by atoms with Crippen LogP contribution in [0.25, 0.3) is 6.08 Å². The number of benzene rings is 2. The highest BCUT2D eigenvalue weighted by atomic mass is 32.2. The molecule has 1 saturated carbocycles. The monoisotopic (exact) mass is 491 g/mol. The van der Waals surface area contributed by atoms with Crippen molar-refractivity contribution in [2.45, 2.75) is 61.9 Å². The van der Waals surface area contributed by atoms with Crippen LogP contribution in [0.4, 0.5) is 0 Å². The van der Waals surface area contributed by atoms with Crippen LogP contribution in [-0.2, 0) is 21.1 Å². The number of nitrogens with zero attached hydrogens (tertiary/aromatic N) is 1. The molecule has 1 aliphatic carbocycles. The Balaban J connectivity index is 1.22. The highest BCUT2D eigenvalue weighted by molar-refractivity contribution is 7.90. The number of amides is 1. The van der Waals surface area contributed by atoms with Crippen molar-refractivity contribution in [3.63, 3.8) is 0 Å². The number of carbonyl (C=O) groups excluding carboxylic acids is 1. The first-order chi connectivity index (χ1) is 16.8. The summed E-state index contributed by atoms with van der Waals surface area (Å²) in [6.45, 7) is 0.956. The van der Waals surface area contributed by atoms with E-state index < -0.39 is 9.84 Å². The van der Waals surface area contributed by atoms with E-state index in [9.17, 15) is 13.2 Å². The van der Waals surface area contributed by atoms with Gasteiger partial charge in [0, 0.05) is 24.4 Å². The van der Waals surface area contributed by atoms with Crippen LogP contribution in [0.5, 0.6) is 0 Å². The third-order valence-corrected chi connectivity index (χ3v) is 8.31. The minimum absolute atomic E-state index is 0.141. The largest absolute Gasteiger partial charge is 0.350 e. The van der Waals surface area contributed by atoms with Crippen molar-refractivity contribution in [3.05, 3.63) is 70.8 Å². The van der Waals surface area contributed by atoms with Gasteiger partial charge >= 0.3 is 0 Å². The highest BCUT2D eigenvalue weighted by Crippen LogP contribution is 2.33. The molecule has 1 heterocycles. The van der Waals surface area contributed by atoms with Gasteiger partial charge in [-0.05, 0) is 104 Å². The summed E-state index contributed by atoms with van der Waals surface area (Å²) < 4.78 is 23.4. The predicted octanol–water partition coefficient (Wildman–Crippen LogP) is 4.32. The molecule has 2 aromatic rings. The Morgan fingerprint density at radius 3 is 2.69 bits per heavy atom. The Bertz CT molecular complexity index is 1240. The summed E-state index contributed by atoms with van der Waals surface area (Å²) in [7, 11) is -3.27. The zero-order chi connectivity index (χ0) is 24.8. The number of sulfone groups is 1. The molecule has 0 bridgehead atoms. The molecule has 0 saturated heterocycles. The molecule has 0 radical (unpaired) electrons. The number of rotatable bonds is 7. The average Bonchev–Trinajstić information content (AvgIpc) is 2.86. The van der Waals surface area contributed by atoms with Gasteiger partial charge in [-0.15, -0.1) is 0 Å².